The Morgan fingerprint density at radius 2 is 2.25 bits per heavy atom. The van der Waals surface area contributed by atoms with Crippen molar-refractivity contribution in [2.45, 2.75) is 26.3 Å². The maximum absolute atomic E-state index is 13.6. The van der Waals surface area contributed by atoms with Crippen LogP contribution in [0.15, 0.2) is 30.6 Å². The number of imidazole rings is 1. The number of aliphatic hydroxyl groups excluding tert-OH is 1. The first-order valence-electron chi connectivity index (χ1n) is 6.62. The van der Waals surface area contributed by atoms with Gasteiger partial charge in [0.2, 0.25) is 0 Å². The third kappa shape index (κ3) is 3.46. The van der Waals surface area contributed by atoms with Gasteiger partial charge in [-0.05, 0) is 17.7 Å². The molecule has 104 valence electrons. The van der Waals surface area contributed by atoms with Crippen molar-refractivity contribution in [3.8, 4) is 11.8 Å². The largest absolute Gasteiger partial charge is 0.395 e. The Balaban J connectivity index is 2.21. The molecule has 0 amide bonds. The lowest BCUT2D eigenvalue weighted by atomic mass is 10.1. The Morgan fingerprint density at radius 3 is 3.00 bits per heavy atom. The van der Waals surface area contributed by atoms with Crippen LogP contribution in [-0.2, 0) is 13.0 Å². The van der Waals surface area contributed by atoms with Crippen LogP contribution < -0.4 is 0 Å². The van der Waals surface area contributed by atoms with E-state index in [9.17, 15) is 4.39 Å². The summed E-state index contributed by atoms with van der Waals surface area (Å²) in [5, 5.41) is 8.69. The number of aromatic nitrogens is 2. The van der Waals surface area contributed by atoms with Gasteiger partial charge in [0.05, 0.1) is 12.2 Å². The second-order valence-electron chi connectivity index (χ2n) is 4.41. The number of halogens is 1. The Morgan fingerprint density at radius 1 is 1.40 bits per heavy atom. The number of aryl methyl sites for hydroxylation is 1. The van der Waals surface area contributed by atoms with Crippen molar-refractivity contribution in [2.24, 2.45) is 0 Å². The molecular weight excluding hydrogens is 255 g/mol. The monoisotopic (exact) mass is 272 g/mol. The van der Waals surface area contributed by atoms with Crippen molar-refractivity contribution in [2.75, 3.05) is 6.61 Å². The van der Waals surface area contributed by atoms with Crippen LogP contribution in [0, 0.1) is 17.7 Å². The van der Waals surface area contributed by atoms with E-state index < -0.39 is 0 Å². The van der Waals surface area contributed by atoms with E-state index in [1.54, 1.807) is 18.3 Å². The van der Waals surface area contributed by atoms with Gasteiger partial charge in [-0.15, -0.1) is 0 Å². The number of rotatable bonds is 4. The molecule has 2 rings (SSSR count). The molecule has 0 aliphatic heterocycles. The van der Waals surface area contributed by atoms with Crippen molar-refractivity contribution in [3.63, 3.8) is 0 Å². The van der Waals surface area contributed by atoms with Crippen LogP contribution in [0.5, 0.6) is 0 Å². The quantitative estimate of drug-likeness (QED) is 0.868. The zero-order valence-corrected chi connectivity index (χ0v) is 11.4. The van der Waals surface area contributed by atoms with Crippen LogP contribution in [-0.4, -0.2) is 21.3 Å². The van der Waals surface area contributed by atoms with E-state index in [2.05, 4.69) is 23.7 Å². The summed E-state index contributed by atoms with van der Waals surface area (Å²) in [4.78, 5) is 4.26. The predicted octanol–water partition coefficient (Wildman–Crippen LogP) is 2.37. The highest BCUT2D eigenvalue weighted by Gasteiger charge is 2.04. The number of hydrogen-bond acceptors (Lipinski definition) is 2. The summed E-state index contributed by atoms with van der Waals surface area (Å²) < 4.78 is 15.7. The van der Waals surface area contributed by atoms with E-state index in [4.69, 9.17) is 5.11 Å². The third-order valence-electron chi connectivity index (χ3n) is 2.96. The third-order valence-corrected chi connectivity index (χ3v) is 2.96. The zero-order valence-electron chi connectivity index (χ0n) is 11.4. The molecule has 0 saturated carbocycles. The van der Waals surface area contributed by atoms with E-state index in [1.807, 2.05) is 10.8 Å². The zero-order chi connectivity index (χ0) is 14.4. The van der Waals surface area contributed by atoms with Crippen molar-refractivity contribution >= 4 is 0 Å². The number of aliphatic hydroxyl groups is 1. The molecule has 0 saturated heterocycles. The standard InChI is InChI=1S/C16H17FN2O/c1-2-16-18-8-9-19(16)12-13-6-7-15(17)14(11-13)5-3-4-10-20/h6-9,11,20H,2,4,10,12H2,1H3. The van der Waals surface area contributed by atoms with E-state index in [1.165, 1.54) is 6.07 Å². The second kappa shape index (κ2) is 6.88. The summed E-state index contributed by atoms with van der Waals surface area (Å²) >= 11 is 0. The van der Waals surface area contributed by atoms with Gasteiger partial charge in [-0.1, -0.05) is 24.8 Å². The number of nitrogens with zero attached hydrogens (tertiary/aromatic N) is 2. The fourth-order valence-corrected chi connectivity index (χ4v) is 1.98. The van der Waals surface area contributed by atoms with Crippen LogP contribution in [0.1, 0.15) is 30.3 Å². The SMILES string of the molecule is CCc1nccn1Cc1ccc(F)c(C#CCCO)c1. The summed E-state index contributed by atoms with van der Waals surface area (Å²) in [6.07, 6.45) is 4.89. The fraction of sp³-hybridized carbons (Fsp3) is 0.312. The molecule has 0 aliphatic rings. The summed E-state index contributed by atoms with van der Waals surface area (Å²) in [6, 6.07) is 4.94. The van der Waals surface area contributed by atoms with Gasteiger partial charge >= 0.3 is 0 Å². The predicted molar refractivity (Wildman–Crippen MR) is 75.7 cm³/mol. The molecule has 2 aromatic rings. The average molecular weight is 272 g/mol. The van der Waals surface area contributed by atoms with Gasteiger partial charge < -0.3 is 9.67 Å². The normalized spacial score (nSPS) is 10.2. The van der Waals surface area contributed by atoms with Gasteiger partial charge in [-0.2, -0.15) is 0 Å². The second-order valence-corrected chi connectivity index (χ2v) is 4.41. The molecule has 1 N–H and O–H groups in total. The van der Waals surface area contributed by atoms with Gasteiger partial charge in [0.25, 0.3) is 0 Å². The lowest BCUT2D eigenvalue weighted by Gasteiger charge is -2.07. The Kier molecular flexibility index (Phi) is 4.91. The van der Waals surface area contributed by atoms with E-state index >= 15 is 0 Å². The summed E-state index contributed by atoms with van der Waals surface area (Å²) in [7, 11) is 0. The van der Waals surface area contributed by atoms with Crippen molar-refractivity contribution < 1.29 is 9.50 Å². The molecule has 0 fully saturated rings. The molecule has 0 spiro atoms. The van der Waals surface area contributed by atoms with Crippen LogP contribution in [0.2, 0.25) is 0 Å². The van der Waals surface area contributed by atoms with E-state index in [0.717, 1.165) is 17.8 Å². The minimum Gasteiger partial charge on any atom is -0.395 e. The molecule has 0 radical (unpaired) electrons. The maximum atomic E-state index is 13.6. The van der Waals surface area contributed by atoms with Crippen molar-refractivity contribution in [3.05, 3.63) is 53.4 Å². The number of benzene rings is 1. The first-order chi connectivity index (χ1) is 9.74. The first-order valence-corrected chi connectivity index (χ1v) is 6.62. The highest BCUT2D eigenvalue weighted by Crippen LogP contribution is 2.12. The minimum atomic E-state index is -0.333. The van der Waals surface area contributed by atoms with Gasteiger partial charge in [0, 0.05) is 31.8 Å². The Bertz CT molecular complexity index is 637. The van der Waals surface area contributed by atoms with Crippen molar-refractivity contribution in [1.29, 1.82) is 0 Å². The molecule has 1 aromatic heterocycles. The summed E-state index contributed by atoms with van der Waals surface area (Å²) in [5.74, 6) is 6.16. The molecule has 3 nitrogen and oxygen atoms in total. The Labute approximate surface area is 118 Å². The topological polar surface area (TPSA) is 38.0 Å². The smallest absolute Gasteiger partial charge is 0.138 e. The van der Waals surface area contributed by atoms with E-state index in [0.29, 0.717) is 18.5 Å². The minimum absolute atomic E-state index is 0.0107. The van der Waals surface area contributed by atoms with Gasteiger partial charge in [0.15, 0.2) is 0 Å². The molecule has 0 unspecified atom stereocenters. The van der Waals surface area contributed by atoms with Crippen LogP contribution in [0.4, 0.5) is 4.39 Å². The summed E-state index contributed by atoms with van der Waals surface area (Å²) in [5.41, 5.74) is 1.35. The molecule has 1 heterocycles. The molecule has 0 atom stereocenters. The van der Waals surface area contributed by atoms with Crippen molar-refractivity contribution in [1.82, 2.24) is 9.55 Å². The molecular formula is C16H17FN2O. The number of hydrogen-bond donors (Lipinski definition) is 1. The highest BCUT2D eigenvalue weighted by molar-refractivity contribution is 5.38. The average Bonchev–Trinajstić information content (AvgIpc) is 2.89. The van der Waals surface area contributed by atoms with Gasteiger partial charge in [-0.25, -0.2) is 9.37 Å². The first kappa shape index (κ1) is 14.3. The molecule has 20 heavy (non-hydrogen) atoms. The fourth-order valence-electron chi connectivity index (χ4n) is 1.98. The summed E-state index contributed by atoms with van der Waals surface area (Å²) in [6.45, 7) is 2.69. The lowest BCUT2D eigenvalue weighted by molar-refractivity contribution is 0.305. The van der Waals surface area contributed by atoms with Gasteiger partial charge in [0.1, 0.15) is 11.6 Å². The van der Waals surface area contributed by atoms with Crippen LogP contribution >= 0.6 is 0 Å². The highest BCUT2D eigenvalue weighted by atomic mass is 19.1. The molecule has 0 bridgehead atoms. The van der Waals surface area contributed by atoms with Gasteiger partial charge in [-0.3, -0.25) is 0 Å². The maximum Gasteiger partial charge on any atom is 0.138 e. The van der Waals surface area contributed by atoms with E-state index in [-0.39, 0.29) is 12.4 Å². The Hall–Kier alpha value is -2.12. The van der Waals surface area contributed by atoms with Crippen LogP contribution in [0.3, 0.4) is 0 Å². The molecule has 0 aliphatic carbocycles. The van der Waals surface area contributed by atoms with Crippen LogP contribution in [0.25, 0.3) is 0 Å². The molecule has 1 aromatic carbocycles. The lowest BCUT2D eigenvalue weighted by Crippen LogP contribution is -2.04. The molecule has 4 heteroatoms.